The summed E-state index contributed by atoms with van der Waals surface area (Å²) in [5.74, 6) is 4.71. The van der Waals surface area contributed by atoms with Gasteiger partial charge < -0.3 is 4.42 Å². The summed E-state index contributed by atoms with van der Waals surface area (Å²) in [7, 11) is 0. The summed E-state index contributed by atoms with van der Waals surface area (Å²) in [4.78, 5) is 15.7. The lowest BCUT2D eigenvalue weighted by atomic mass is 10.0. The Hall–Kier alpha value is -2.37. The van der Waals surface area contributed by atoms with Crippen LogP contribution < -0.4 is 11.3 Å². The minimum atomic E-state index is -0.411. The number of rotatable bonds is 2. The van der Waals surface area contributed by atoms with Crippen LogP contribution in [0.4, 0.5) is 0 Å². The normalized spacial score (nSPS) is 10.7. The summed E-state index contributed by atoms with van der Waals surface area (Å²) in [5, 5.41) is 1.31. The van der Waals surface area contributed by atoms with E-state index in [1.807, 2.05) is 18.2 Å². The number of nitrogens with zero attached hydrogens (tertiary/aromatic N) is 1. The van der Waals surface area contributed by atoms with Crippen molar-refractivity contribution < 1.29 is 9.21 Å². The average Bonchev–Trinajstić information content (AvgIpc) is 2.90. The monoisotopic (exact) mass is 287 g/mol. The number of hydrogen-bond acceptors (Lipinski definition) is 4. The van der Waals surface area contributed by atoms with Crippen molar-refractivity contribution >= 4 is 28.6 Å². The number of halogens is 1. The van der Waals surface area contributed by atoms with Gasteiger partial charge in [0.1, 0.15) is 6.26 Å². The number of pyridine rings is 1. The molecule has 0 saturated heterocycles. The van der Waals surface area contributed by atoms with E-state index in [2.05, 4.69) is 10.4 Å². The second kappa shape index (κ2) is 4.96. The van der Waals surface area contributed by atoms with E-state index in [9.17, 15) is 4.79 Å². The van der Waals surface area contributed by atoms with Gasteiger partial charge in [0.05, 0.1) is 5.56 Å². The zero-order valence-corrected chi connectivity index (χ0v) is 11.0. The quantitative estimate of drug-likeness (QED) is 0.431. The lowest BCUT2D eigenvalue weighted by molar-refractivity contribution is 0.0953. The molecule has 100 valence electrons. The van der Waals surface area contributed by atoms with Crippen LogP contribution in [0.3, 0.4) is 0 Å². The van der Waals surface area contributed by atoms with Crippen LogP contribution in [0.1, 0.15) is 10.4 Å². The van der Waals surface area contributed by atoms with Crippen LogP contribution in [-0.2, 0) is 0 Å². The molecule has 0 spiro atoms. The molecule has 3 N–H and O–H groups in total. The number of aromatic nitrogens is 1. The number of carbonyl (C=O) groups excluding carboxylic acids is 1. The topological polar surface area (TPSA) is 81.1 Å². The number of nitrogen functional groups attached to an aromatic ring is 1. The van der Waals surface area contributed by atoms with Crippen LogP contribution in [0.5, 0.6) is 0 Å². The highest BCUT2D eigenvalue weighted by Gasteiger charge is 2.14. The van der Waals surface area contributed by atoms with Gasteiger partial charge in [-0.3, -0.25) is 10.2 Å². The molecule has 0 saturated carbocycles. The summed E-state index contributed by atoms with van der Waals surface area (Å²) in [5.41, 5.74) is 4.47. The molecule has 0 radical (unpaired) electrons. The highest BCUT2D eigenvalue weighted by molar-refractivity contribution is 6.33. The second-order valence-electron chi connectivity index (χ2n) is 4.18. The lowest BCUT2D eigenvalue weighted by Crippen LogP contribution is -2.30. The maximum atomic E-state index is 11.6. The first kappa shape index (κ1) is 12.7. The van der Waals surface area contributed by atoms with Crippen LogP contribution in [0.15, 0.2) is 47.2 Å². The first-order valence-electron chi connectivity index (χ1n) is 5.84. The third kappa shape index (κ3) is 2.03. The molecule has 2 aromatic heterocycles. The van der Waals surface area contributed by atoms with Crippen molar-refractivity contribution in [3.63, 3.8) is 0 Å². The molecule has 3 rings (SSSR count). The Balaban J connectivity index is 2.22. The predicted molar refractivity (Wildman–Crippen MR) is 76.1 cm³/mol. The fourth-order valence-electron chi connectivity index (χ4n) is 2.01. The van der Waals surface area contributed by atoms with E-state index in [1.54, 1.807) is 18.4 Å². The van der Waals surface area contributed by atoms with E-state index in [1.165, 1.54) is 6.20 Å². The summed E-state index contributed by atoms with van der Waals surface area (Å²) in [6.45, 7) is 0. The molecule has 0 aliphatic carbocycles. The lowest BCUT2D eigenvalue weighted by Gasteiger charge is -2.02. The predicted octanol–water partition coefficient (Wildman–Crippen LogP) is 2.75. The third-order valence-corrected chi connectivity index (χ3v) is 3.32. The Morgan fingerprint density at radius 2 is 2.10 bits per heavy atom. The van der Waals surface area contributed by atoms with Crippen molar-refractivity contribution in [2.24, 2.45) is 5.84 Å². The summed E-state index contributed by atoms with van der Waals surface area (Å²) >= 11 is 6.18. The van der Waals surface area contributed by atoms with E-state index >= 15 is 0 Å². The number of furan rings is 1. The largest absolute Gasteiger partial charge is 0.445 e. The van der Waals surface area contributed by atoms with Gasteiger partial charge in [0.25, 0.3) is 5.91 Å². The van der Waals surface area contributed by atoms with Crippen molar-refractivity contribution in [1.29, 1.82) is 0 Å². The van der Waals surface area contributed by atoms with E-state index < -0.39 is 5.91 Å². The molecule has 5 nitrogen and oxygen atoms in total. The number of amides is 1. The molecule has 1 amide bonds. The molecule has 2 heterocycles. The van der Waals surface area contributed by atoms with Gasteiger partial charge in [-0.15, -0.1) is 0 Å². The Kier molecular flexibility index (Phi) is 3.14. The maximum absolute atomic E-state index is 11.6. The van der Waals surface area contributed by atoms with Crippen LogP contribution in [0, 0.1) is 0 Å². The number of hydrogen-bond donors (Lipinski definition) is 2. The van der Waals surface area contributed by atoms with Gasteiger partial charge in [-0.1, -0.05) is 29.8 Å². The van der Waals surface area contributed by atoms with E-state index in [0.717, 1.165) is 11.1 Å². The standard InChI is InChI=1S/C14H10ClN3O2/c15-12-4-2-1-3-9(12)11-7-20-14-10(11)5-8(6-17-14)13(19)18-16/h1-7H,16H2,(H,18,19). The zero-order chi connectivity index (χ0) is 14.1. The molecule has 1 aromatic carbocycles. The number of nitrogens with two attached hydrogens (primary N) is 1. The summed E-state index contributed by atoms with van der Waals surface area (Å²) in [6.07, 6.45) is 2.98. The SMILES string of the molecule is NNC(=O)c1cnc2occ(-c3ccccc3Cl)c2c1. The maximum Gasteiger partial charge on any atom is 0.266 e. The van der Waals surface area contributed by atoms with Crippen molar-refractivity contribution in [2.75, 3.05) is 0 Å². The smallest absolute Gasteiger partial charge is 0.266 e. The van der Waals surface area contributed by atoms with Gasteiger partial charge in [-0.05, 0) is 12.1 Å². The average molecular weight is 288 g/mol. The Labute approximate surface area is 119 Å². The molecule has 0 aliphatic heterocycles. The van der Waals surface area contributed by atoms with Crippen LogP contribution in [0.25, 0.3) is 22.2 Å². The molecular weight excluding hydrogens is 278 g/mol. The van der Waals surface area contributed by atoms with Crippen molar-refractivity contribution in [1.82, 2.24) is 10.4 Å². The first-order valence-corrected chi connectivity index (χ1v) is 6.21. The van der Waals surface area contributed by atoms with Gasteiger partial charge in [0.15, 0.2) is 0 Å². The molecule has 0 unspecified atom stereocenters. The third-order valence-electron chi connectivity index (χ3n) is 2.99. The number of nitrogens with one attached hydrogen (secondary N) is 1. The molecule has 0 aliphatic rings. The highest BCUT2D eigenvalue weighted by Crippen LogP contribution is 2.34. The zero-order valence-electron chi connectivity index (χ0n) is 10.3. The van der Waals surface area contributed by atoms with Crippen molar-refractivity contribution in [3.8, 4) is 11.1 Å². The minimum absolute atomic E-state index is 0.356. The Morgan fingerprint density at radius 3 is 2.85 bits per heavy atom. The van der Waals surface area contributed by atoms with E-state index in [0.29, 0.717) is 21.7 Å². The Morgan fingerprint density at radius 1 is 1.30 bits per heavy atom. The molecule has 6 heteroatoms. The minimum Gasteiger partial charge on any atom is -0.445 e. The van der Waals surface area contributed by atoms with Gasteiger partial charge in [0, 0.05) is 27.7 Å². The van der Waals surface area contributed by atoms with Crippen LogP contribution in [0.2, 0.25) is 5.02 Å². The fourth-order valence-corrected chi connectivity index (χ4v) is 2.25. The van der Waals surface area contributed by atoms with Crippen LogP contribution >= 0.6 is 11.6 Å². The molecule has 0 fully saturated rings. The van der Waals surface area contributed by atoms with Gasteiger partial charge >= 0.3 is 0 Å². The van der Waals surface area contributed by atoms with E-state index in [4.69, 9.17) is 21.9 Å². The highest BCUT2D eigenvalue weighted by atomic mass is 35.5. The molecule has 3 aromatic rings. The summed E-state index contributed by atoms with van der Waals surface area (Å²) in [6, 6.07) is 9.07. The fraction of sp³-hybridized carbons (Fsp3) is 0. The van der Waals surface area contributed by atoms with Gasteiger partial charge in [0.2, 0.25) is 5.71 Å². The van der Waals surface area contributed by atoms with Gasteiger partial charge in [-0.25, -0.2) is 10.8 Å². The number of hydrazine groups is 1. The van der Waals surface area contributed by atoms with E-state index in [-0.39, 0.29) is 0 Å². The van der Waals surface area contributed by atoms with Crippen molar-refractivity contribution in [2.45, 2.75) is 0 Å². The summed E-state index contributed by atoms with van der Waals surface area (Å²) < 4.78 is 5.39. The molecular formula is C14H10ClN3O2. The second-order valence-corrected chi connectivity index (χ2v) is 4.59. The number of fused-ring (bicyclic) bond motifs is 1. The van der Waals surface area contributed by atoms with Crippen molar-refractivity contribution in [3.05, 3.63) is 53.4 Å². The molecule has 20 heavy (non-hydrogen) atoms. The van der Waals surface area contributed by atoms with Crippen LogP contribution in [-0.4, -0.2) is 10.9 Å². The molecule has 0 bridgehead atoms. The first-order chi connectivity index (χ1) is 9.70. The molecule has 0 atom stereocenters. The Bertz CT molecular complexity index is 798. The number of benzene rings is 1. The van der Waals surface area contributed by atoms with Gasteiger partial charge in [-0.2, -0.15) is 0 Å². The number of carbonyl (C=O) groups is 1.